The third-order valence-electron chi connectivity index (χ3n) is 4.38. The number of aliphatic imine (C=N–C) groups is 1. The van der Waals surface area contributed by atoms with E-state index in [4.69, 9.17) is 9.47 Å². The minimum Gasteiger partial charge on any atom is -0.379 e. The Kier molecular flexibility index (Phi) is 15.8. The van der Waals surface area contributed by atoms with Crippen LogP contribution < -0.4 is 10.6 Å². The van der Waals surface area contributed by atoms with Crippen molar-refractivity contribution in [2.75, 3.05) is 46.0 Å². The summed E-state index contributed by atoms with van der Waals surface area (Å²) in [4.78, 5) is 7.12. The Morgan fingerprint density at radius 2 is 1.96 bits per heavy atom. The van der Waals surface area contributed by atoms with Gasteiger partial charge in [-0.15, -0.1) is 24.0 Å². The Balaban J connectivity index is 0.00000625. The molecule has 0 radical (unpaired) electrons. The van der Waals surface area contributed by atoms with Crippen LogP contribution in [0.2, 0.25) is 0 Å². The predicted molar refractivity (Wildman–Crippen MR) is 121 cm³/mol. The van der Waals surface area contributed by atoms with Gasteiger partial charge in [-0.05, 0) is 53.9 Å². The SMILES string of the molecule is CCNC(=NCCCOCC1CCCO1)NCCN(C(C)C)C(C)C.I. The first-order valence-electron chi connectivity index (χ1n) is 10.0. The summed E-state index contributed by atoms with van der Waals surface area (Å²) in [5.74, 6) is 0.897. The van der Waals surface area contributed by atoms with Crippen molar-refractivity contribution < 1.29 is 9.47 Å². The second-order valence-corrected chi connectivity index (χ2v) is 7.18. The van der Waals surface area contributed by atoms with Crippen molar-refractivity contribution in [3.63, 3.8) is 0 Å². The average molecular weight is 484 g/mol. The van der Waals surface area contributed by atoms with E-state index in [-0.39, 0.29) is 24.0 Å². The van der Waals surface area contributed by atoms with Gasteiger partial charge in [-0.2, -0.15) is 0 Å². The third-order valence-corrected chi connectivity index (χ3v) is 4.38. The number of hydrogen-bond acceptors (Lipinski definition) is 4. The van der Waals surface area contributed by atoms with Gasteiger partial charge in [0.25, 0.3) is 0 Å². The van der Waals surface area contributed by atoms with Crippen molar-refractivity contribution in [3.8, 4) is 0 Å². The molecule has 1 saturated heterocycles. The third kappa shape index (κ3) is 11.6. The van der Waals surface area contributed by atoms with Crippen LogP contribution in [0.3, 0.4) is 0 Å². The molecule has 1 unspecified atom stereocenters. The smallest absolute Gasteiger partial charge is 0.191 e. The van der Waals surface area contributed by atoms with Crippen LogP contribution in [-0.2, 0) is 9.47 Å². The molecule has 2 N–H and O–H groups in total. The van der Waals surface area contributed by atoms with Gasteiger partial charge in [0.15, 0.2) is 5.96 Å². The van der Waals surface area contributed by atoms with E-state index in [1.807, 2.05) is 0 Å². The molecule has 0 aliphatic carbocycles. The molecule has 1 rings (SSSR count). The summed E-state index contributed by atoms with van der Waals surface area (Å²) < 4.78 is 11.2. The Hall–Kier alpha value is -0.120. The van der Waals surface area contributed by atoms with Crippen molar-refractivity contribution in [2.24, 2.45) is 4.99 Å². The van der Waals surface area contributed by atoms with Crippen molar-refractivity contribution >= 4 is 29.9 Å². The number of halogens is 1. The highest BCUT2D eigenvalue weighted by Gasteiger charge is 2.15. The molecule has 0 aromatic carbocycles. The van der Waals surface area contributed by atoms with Crippen LogP contribution in [0.1, 0.15) is 53.9 Å². The summed E-state index contributed by atoms with van der Waals surface area (Å²) in [5, 5.41) is 6.74. The Morgan fingerprint density at radius 1 is 1.23 bits per heavy atom. The lowest BCUT2D eigenvalue weighted by Gasteiger charge is -2.30. The van der Waals surface area contributed by atoms with Gasteiger partial charge < -0.3 is 20.1 Å². The molecular weight excluding hydrogens is 443 g/mol. The summed E-state index contributed by atoms with van der Waals surface area (Å²) in [6.45, 7) is 17.0. The Bertz CT molecular complexity index is 353. The number of nitrogens with zero attached hydrogens (tertiary/aromatic N) is 2. The van der Waals surface area contributed by atoms with Gasteiger partial charge in [0, 0.05) is 51.5 Å². The molecule has 156 valence electrons. The fourth-order valence-electron chi connectivity index (χ4n) is 3.11. The second-order valence-electron chi connectivity index (χ2n) is 7.18. The molecule has 0 amide bonds. The molecule has 1 aliphatic rings. The number of nitrogens with one attached hydrogen (secondary N) is 2. The average Bonchev–Trinajstić information content (AvgIpc) is 3.07. The quantitative estimate of drug-likeness (QED) is 0.193. The van der Waals surface area contributed by atoms with Crippen LogP contribution in [0.5, 0.6) is 0 Å². The van der Waals surface area contributed by atoms with Crippen molar-refractivity contribution in [3.05, 3.63) is 0 Å². The fraction of sp³-hybridized carbons (Fsp3) is 0.947. The van der Waals surface area contributed by atoms with Crippen LogP contribution in [0.4, 0.5) is 0 Å². The first kappa shape index (κ1) is 25.9. The molecule has 1 heterocycles. The normalized spacial score (nSPS) is 17.8. The van der Waals surface area contributed by atoms with Crippen molar-refractivity contribution in [1.82, 2.24) is 15.5 Å². The van der Waals surface area contributed by atoms with E-state index in [1.165, 1.54) is 6.42 Å². The monoisotopic (exact) mass is 484 g/mol. The van der Waals surface area contributed by atoms with Crippen LogP contribution in [0.25, 0.3) is 0 Å². The molecule has 26 heavy (non-hydrogen) atoms. The standard InChI is InChI=1S/C19H40N4O2.HI/c1-6-20-19(22-11-12-23(16(2)3)17(4)5)21-10-8-13-24-15-18-9-7-14-25-18;/h16-18H,6-15H2,1-5H3,(H2,20,21,22);1H. The van der Waals surface area contributed by atoms with E-state index in [9.17, 15) is 0 Å². The van der Waals surface area contributed by atoms with Gasteiger partial charge in [0.2, 0.25) is 0 Å². The van der Waals surface area contributed by atoms with E-state index in [0.717, 1.165) is 64.8 Å². The van der Waals surface area contributed by atoms with E-state index in [1.54, 1.807) is 0 Å². The number of rotatable bonds is 12. The van der Waals surface area contributed by atoms with Gasteiger partial charge in [-0.3, -0.25) is 9.89 Å². The van der Waals surface area contributed by atoms with E-state index in [0.29, 0.717) is 18.2 Å². The zero-order valence-corrected chi connectivity index (χ0v) is 19.8. The van der Waals surface area contributed by atoms with Crippen LogP contribution in [-0.4, -0.2) is 75.0 Å². The maximum Gasteiger partial charge on any atom is 0.191 e. The first-order chi connectivity index (χ1) is 12.0. The van der Waals surface area contributed by atoms with Crippen LogP contribution in [0, 0.1) is 0 Å². The largest absolute Gasteiger partial charge is 0.379 e. The van der Waals surface area contributed by atoms with Crippen LogP contribution >= 0.6 is 24.0 Å². The summed E-state index contributed by atoms with van der Waals surface area (Å²) in [7, 11) is 0. The maximum atomic E-state index is 5.68. The van der Waals surface area contributed by atoms with Gasteiger partial charge in [-0.25, -0.2) is 0 Å². The first-order valence-corrected chi connectivity index (χ1v) is 10.0. The predicted octanol–water partition coefficient (Wildman–Crippen LogP) is 2.86. The molecular formula is C19H41IN4O2. The molecule has 1 fully saturated rings. The van der Waals surface area contributed by atoms with Gasteiger partial charge in [0.05, 0.1) is 12.7 Å². The summed E-state index contributed by atoms with van der Waals surface area (Å²) in [6, 6.07) is 1.12. The van der Waals surface area contributed by atoms with Crippen molar-refractivity contribution in [2.45, 2.75) is 72.1 Å². The lowest BCUT2D eigenvalue weighted by atomic mass is 10.2. The number of guanidine groups is 1. The van der Waals surface area contributed by atoms with E-state index >= 15 is 0 Å². The molecule has 0 saturated carbocycles. The van der Waals surface area contributed by atoms with E-state index in [2.05, 4.69) is 55.1 Å². The Labute approximate surface area is 177 Å². The molecule has 6 nitrogen and oxygen atoms in total. The number of ether oxygens (including phenoxy) is 2. The fourth-order valence-corrected chi connectivity index (χ4v) is 3.11. The zero-order chi connectivity index (χ0) is 18.5. The van der Waals surface area contributed by atoms with Crippen molar-refractivity contribution in [1.29, 1.82) is 0 Å². The summed E-state index contributed by atoms with van der Waals surface area (Å²) in [5.41, 5.74) is 0. The van der Waals surface area contributed by atoms with E-state index < -0.39 is 0 Å². The summed E-state index contributed by atoms with van der Waals surface area (Å²) >= 11 is 0. The summed E-state index contributed by atoms with van der Waals surface area (Å²) in [6.07, 6.45) is 3.55. The lowest BCUT2D eigenvalue weighted by molar-refractivity contribution is 0.0171. The maximum absolute atomic E-state index is 5.68. The topological polar surface area (TPSA) is 58.1 Å². The van der Waals surface area contributed by atoms with Gasteiger partial charge in [0.1, 0.15) is 0 Å². The number of hydrogen-bond donors (Lipinski definition) is 2. The highest BCUT2D eigenvalue weighted by atomic mass is 127. The van der Waals surface area contributed by atoms with Crippen LogP contribution in [0.15, 0.2) is 4.99 Å². The highest BCUT2D eigenvalue weighted by molar-refractivity contribution is 14.0. The minimum atomic E-state index is 0. The molecule has 7 heteroatoms. The molecule has 0 aromatic heterocycles. The highest BCUT2D eigenvalue weighted by Crippen LogP contribution is 2.11. The second kappa shape index (κ2) is 15.9. The van der Waals surface area contributed by atoms with Gasteiger partial charge >= 0.3 is 0 Å². The zero-order valence-electron chi connectivity index (χ0n) is 17.4. The molecule has 1 atom stereocenters. The molecule has 0 aromatic rings. The van der Waals surface area contributed by atoms with Gasteiger partial charge in [-0.1, -0.05) is 0 Å². The minimum absolute atomic E-state index is 0. The molecule has 1 aliphatic heterocycles. The Morgan fingerprint density at radius 3 is 2.54 bits per heavy atom. The molecule has 0 spiro atoms. The molecule has 0 bridgehead atoms. The lowest BCUT2D eigenvalue weighted by Crippen LogP contribution is -2.45.